The molecule has 0 radical (unpaired) electrons. The summed E-state index contributed by atoms with van der Waals surface area (Å²) in [6.07, 6.45) is 3.39. The van der Waals surface area contributed by atoms with Gasteiger partial charge in [0, 0.05) is 24.7 Å². The summed E-state index contributed by atoms with van der Waals surface area (Å²) in [6.45, 7) is 5.91. The Balaban J connectivity index is 2.46. The monoisotopic (exact) mass is 272 g/mol. The first-order valence-corrected chi connectivity index (χ1v) is 7.43. The van der Waals surface area contributed by atoms with E-state index >= 15 is 0 Å². The van der Waals surface area contributed by atoms with Crippen LogP contribution in [0, 0.1) is 0 Å². The summed E-state index contributed by atoms with van der Waals surface area (Å²) < 4.78 is 5.21. The van der Waals surface area contributed by atoms with Crippen LogP contribution in [0.3, 0.4) is 0 Å². The first kappa shape index (κ1) is 14.8. The first-order chi connectivity index (χ1) is 9.78. The first-order valence-electron chi connectivity index (χ1n) is 7.43. The van der Waals surface area contributed by atoms with Crippen molar-refractivity contribution >= 4 is 16.6 Å². The Morgan fingerprint density at radius 1 is 1.15 bits per heavy atom. The summed E-state index contributed by atoms with van der Waals surface area (Å²) in [6, 6.07) is 8.67. The Kier molecular flexibility index (Phi) is 5.36. The van der Waals surface area contributed by atoms with Gasteiger partial charge in [-0.25, -0.2) is 0 Å². The predicted octanol–water partition coefficient (Wildman–Crippen LogP) is 4.16. The lowest BCUT2D eigenvalue weighted by Crippen LogP contribution is -2.03. The highest BCUT2D eigenvalue weighted by molar-refractivity contribution is 5.92. The number of aromatic nitrogens is 1. The van der Waals surface area contributed by atoms with Crippen molar-refractivity contribution in [1.29, 1.82) is 0 Å². The highest BCUT2D eigenvalue weighted by atomic mass is 16.5. The van der Waals surface area contributed by atoms with Crippen molar-refractivity contribution in [3.63, 3.8) is 0 Å². The zero-order chi connectivity index (χ0) is 14.4. The second kappa shape index (κ2) is 7.25. The van der Waals surface area contributed by atoms with E-state index in [0.29, 0.717) is 6.61 Å². The van der Waals surface area contributed by atoms with Crippen molar-refractivity contribution in [2.24, 2.45) is 0 Å². The molecule has 0 unspecified atom stereocenters. The van der Waals surface area contributed by atoms with E-state index in [-0.39, 0.29) is 0 Å². The lowest BCUT2D eigenvalue weighted by Gasteiger charge is -2.12. The van der Waals surface area contributed by atoms with Gasteiger partial charge < -0.3 is 10.1 Å². The number of anilines is 1. The van der Waals surface area contributed by atoms with Gasteiger partial charge in [0.05, 0.1) is 17.8 Å². The van der Waals surface area contributed by atoms with Crippen LogP contribution < -0.4 is 5.32 Å². The van der Waals surface area contributed by atoms with Gasteiger partial charge in [-0.05, 0) is 36.6 Å². The van der Waals surface area contributed by atoms with Crippen LogP contribution in [-0.4, -0.2) is 18.6 Å². The summed E-state index contributed by atoms with van der Waals surface area (Å²) in [5.74, 6) is 0. The maximum atomic E-state index is 5.21. The summed E-state index contributed by atoms with van der Waals surface area (Å²) >= 11 is 0. The average molecular weight is 272 g/mol. The molecule has 0 saturated carbocycles. The van der Waals surface area contributed by atoms with E-state index in [2.05, 4.69) is 48.4 Å². The minimum atomic E-state index is 0.549. The molecule has 0 bridgehead atoms. The number of fused-ring (bicyclic) bond motifs is 1. The Hall–Kier alpha value is -1.61. The molecule has 1 N–H and O–H groups in total. The minimum absolute atomic E-state index is 0.549. The number of nitrogens with zero attached hydrogens (tertiary/aromatic N) is 1. The van der Waals surface area contributed by atoms with Crippen LogP contribution in [0.1, 0.15) is 37.9 Å². The molecule has 0 atom stereocenters. The molecule has 0 aliphatic carbocycles. The number of ether oxygens (including phenoxy) is 1. The van der Waals surface area contributed by atoms with Gasteiger partial charge in [-0.3, -0.25) is 4.98 Å². The van der Waals surface area contributed by atoms with Gasteiger partial charge in [-0.1, -0.05) is 26.3 Å². The average Bonchev–Trinajstić information content (AvgIpc) is 2.46. The molecular formula is C17H24N2O. The molecule has 0 aliphatic rings. The number of nitrogens with one attached hydrogen (secondary N) is 1. The largest absolute Gasteiger partial charge is 0.384 e. The molecule has 20 heavy (non-hydrogen) atoms. The second-order valence-electron chi connectivity index (χ2n) is 5.12. The fraction of sp³-hybridized carbons (Fsp3) is 0.471. The third-order valence-electron chi connectivity index (χ3n) is 3.32. The number of hydrogen-bond acceptors (Lipinski definition) is 3. The number of pyridine rings is 1. The van der Waals surface area contributed by atoms with E-state index in [1.807, 2.05) is 0 Å². The fourth-order valence-electron chi connectivity index (χ4n) is 2.40. The molecular weight excluding hydrogens is 248 g/mol. The summed E-state index contributed by atoms with van der Waals surface area (Å²) in [4.78, 5) is 4.67. The second-order valence-corrected chi connectivity index (χ2v) is 5.12. The number of rotatable bonds is 7. The highest BCUT2D eigenvalue weighted by Crippen LogP contribution is 2.25. The van der Waals surface area contributed by atoms with E-state index in [1.54, 1.807) is 7.11 Å². The molecule has 1 heterocycles. The van der Waals surface area contributed by atoms with E-state index in [0.717, 1.165) is 30.6 Å². The fourth-order valence-corrected chi connectivity index (χ4v) is 2.40. The van der Waals surface area contributed by atoms with Gasteiger partial charge in [0.15, 0.2) is 0 Å². The number of aryl methyl sites for hydroxylation is 1. The van der Waals surface area contributed by atoms with Crippen LogP contribution in [0.2, 0.25) is 0 Å². The standard InChI is InChI=1S/C17H24N2O/c1-4-6-13-7-8-16-15(10-13)17(18-9-5-2)11-14(19-16)12-20-3/h7-8,10-11H,4-6,9,12H2,1-3H3,(H,18,19). The molecule has 1 aromatic carbocycles. The van der Waals surface area contributed by atoms with Crippen LogP contribution in [0.15, 0.2) is 24.3 Å². The Morgan fingerprint density at radius 2 is 2.00 bits per heavy atom. The van der Waals surface area contributed by atoms with Crippen molar-refractivity contribution in [3.05, 3.63) is 35.5 Å². The molecule has 2 aromatic rings. The smallest absolute Gasteiger partial charge is 0.0885 e. The van der Waals surface area contributed by atoms with Crippen LogP contribution in [0.25, 0.3) is 10.9 Å². The molecule has 3 nitrogen and oxygen atoms in total. The normalized spacial score (nSPS) is 10.9. The lowest BCUT2D eigenvalue weighted by molar-refractivity contribution is 0.182. The van der Waals surface area contributed by atoms with Crippen molar-refractivity contribution in [1.82, 2.24) is 4.98 Å². The summed E-state index contributed by atoms with van der Waals surface area (Å²) in [7, 11) is 1.70. The van der Waals surface area contributed by atoms with Crippen LogP contribution >= 0.6 is 0 Å². The molecule has 2 rings (SSSR count). The Morgan fingerprint density at radius 3 is 2.70 bits per heavy atom. The predicted molar refractivity (Wildman–Crippen MR) is 85.2 cm³/mol. The summed E-state index contributed by atoms with van der Waals surface area (Å²) in [5.41, 5.74) is 4.56. The maximum absolute atomic E-state index is 5.21. The van der Waals surface area contributed by atoms with Crippen molar-refractivity contribution in [2.75, 3.05) is 19.0 Å². The maximum Gasteiger partial charge on any atom is 0.0885 e. The van der Waals surface area contributed by atoms with Gasteiger partial charge >= 0.3 is 0 Å². The zero-order valence-electron chi connectivity index (χ0n) is 12.7. The topological polar surface area (TPSA) is 34.1 Å². The molecule has 0 saturated heterocycles. The van der Waals surface area contributed by atoms with E-state index in [1.165, 1.54) is 23.1 Å². The number of methoxy groups -OCH3 is 1. The van der Waals surface area contributed by atoms with Gasteiger partial charge in [-0.15, -0.1) is 0 Å². The van der Waals surface area contributed by atoms with Gasteiger partial charge in [0.1, 0.15) is 0 Å². The lowest BCUT2D eigenvalue weighted by atomic mass is 10.1. The van der Waals surface area contributed by atoms with Gasteiger partial charge in [0.25, 0.3) is 0 Å². The number of benzene rings is 1. The molecule has 108 valence electrons. The Bertz CT molecular complexity index is 566. The van der Waals surface area contributed by atoms with Gasteiger partial charge in [-0.2, -0.15) is 0 Å². The van der Waals surface area contributed by atoms with Crippen molar-refractivity contribution in [3.8, 4) is 0 Å². The molecule has 0 fully saturated rings. The zero-order valence-corrected chi connectivity index (χ0v) is 12.7. The minimum Gasteiger partial charge on any atom is -0.384 e. The van der Waals surface area contributed by atoms with E-state index in [9.17, 15) is 0 Å². The Labute approximate surface area is 121 Å². The van der Waals surface area contributed by atoms with Crippen molar-refractivity contribution in [2.45, 2.75) is 39.7 Å². The van der Waals surface area contributed by atoms with Gasteiger partial charge in [0.2, 0.25) is 0 Å². The van der Waals surface area contributed by atoms with Crippen LogP contribution in [0.4, 0.5) is 5.69 Å². The molecule has 0 amide bonds. The molecule has 0 spiro atoms. The third kappa shape index (κ3) is 3.48. The molecule has 3 heteroatoms. The summed E-state index contributed by atoms with van der Waals surface area (Å²) in [5, 5.41) is 4.72. The highest BCUT2D eigenvalue weighted by Gasteiger charge is 2.06. The van der Waals surface area contributed by atoms with E-state index in [4.69, 9.17) is 4.74 Å². The van der Waals surface area contributed by atoms with E-state index < -0.39 is 0 Å². The number of hydrogen-bond donors (Lipinski definition) is 1. The molecule has 0 aliphatic heterocycles. The quantitative estimate of drug-likeness (QED) is 0.822. The third-order valence-corrected chi connectivity index (χ3v) is 3.32. The molecule has 1 aromatic heterocycles. The van der Waals surface area contributed by atoms with Crippen LogP contribution in [0.5, 0.6) is 0 Å². The van der Waals surface area contributed by atoms with Crippen molar-refractivity contribution < 1.29 is 4.74 Å². The SMILES string of the molecule is CCCNc1cc(COC)nc2ccc(CCC)cc12. The van der Waals surface area contributed by atoms with Crippen LogP contribution in [-0.2, 0) is 17.8 Å².